The van der Waals surface area contributed by atoms with Gasteiger partial charge in [-0.15, -0.1) is 0 Å². The summed E-state index contributed by atoms with van der Waals surface area (Å²) >= 11 is 5.95. The lowest BCUT2D eigenvalue weighted by atomic mass is 9.96. The summed E-state index contributed by atoms with van der Waals surface area (Å²) in [6.45, 7) is 3.50. The van der Waals surface area contributed by atoms with Crippen LogP contribution < -0.4 is 16.0 Å². The van der Waals surface area contributed by atoms with Crippen LogP contribution in [0.4, 0.5) is 20.6 Å². The van der Waals surface area contributed by atoms with Crippen LogP contribution in [0, 0.1) is 18.7 Å². The molecule has 0 saturated heterocycles. The van der Waals surface area contributed by atoms with Crippen molar-refractivity contribution >= 4 is 40.9 Å². The molecule has 2 aromatic carbocycles. The highest BCUT2D eigenvalue weighted by molar-refractivity contribution is 6.30. The van der Waals surface area contributed by atoms with E-state index in [1.807, 2.05) is 6.92 Å². The molecule has 3 amide bonds. The maximum Gasteiger partial charge on any atom is 0.411 e. The summed E-state index contributed by atoms with van der Waals surface area (Å²) in [4.78, 5) is 38.4. The molecule has 1 unspecified atom stereocenters. The highest BCUT2D eigenvalue weighted by atomic mass is 35.5. The number of halogens is 2. The number of methoxy groups -OCH3 is 1. The fourth-order valence-corrected chi connectivity index (χ4v) is 5.09. The predicted octanol–water partition coefficient (Wildman–Crippen LogP) is 5.84. The van der Waals surface area contributed by atoms with Crippen molar-refractivity contribution in [3.05, 3.63) is 82.6 Å². The standard InChI is InChI=1S/C30H29ClFN7O4/c1-16-6-4-8-23(36-29(41)21-15-34-39(17(21)2)26-9-5-7-22(31)27(26)32)25-12-18(14-33-38-25)20-11-10-19(35-30(42)43-3)13-24(20)37-28(16)40/h5,7,9-16,23H,4,6,8H2,1-3H3,(H,35,42)(H,36,41)(H,37,40)/t16?,23-/m0/s1. The number of nitrogens with one attached hydrogen (secondary N) is 3. The van der Waals surface area contributed by atoms with Gasteiger partial charge in [-0.25, -0.2) is 13.9 Å². The third-order valence-electron chi connectivity index (χ3n) is 7.35. The molecule has 5 rings (SSSR count). The zero-order valence-corrected chi connectivity index (χ0v) is 24.4. The van der Waals surface area contributed by atoms with Gasteiger partial charge in [-0.1, -0.05) is 37.1 Å². The second-order valence-electron chi connectivity index (χ2n) is 10.2. The topological polar surface area (TPSA) is 140 Å². The number of carbonyl (C=O) groups excluding carboxylic acids is 3. The van der Waals surface area contributed by atoms with Gasteiger partial charge in [0.15, 0.2) is 5.82 Å². The van der Waals surface area contributed by atoms with E-state index < -0.39 is 23.9 Å². The van der Waals surface area contributed by atoms with Crippen molar-refractivity contribution in [3.8, 4) is 16.8 Å². The number of benzene rings is 2. The molecule has 13 heteroatoms. The smallest absolute Gasteiger partial charge is 0.411 e. The van der Waals surface area contributed by atoms with Crippen molar-refractivity contribution in [1.29, 1.82) is 0 Å². The van der Waals surface area contributed by atoms with Gasteiger partial charge in [0.05, 0.1) is 53.2 Å². The number of hydrogen-bond donors (Lipinski definition) is 3. The maximum atomic E-state index is 14.7. The Morgan fingerprint density at radius 2 is 1.98 bits per heavy atom. The number of nitrogens with zero attached hydrogens (tertiary/aromatic N) is 4. The molecule has 11 nitrogen and oxygen atoms in total. The van der Waals surface area contributed by atoms with Gasteiger partial charge < -0.3 is 15.4 Å². The molecule has 2 aromatic heterocycles. The third kappa shape index (κ3) is 6.33. The Labute approximate surface area is 251 Å². The molecule has 3 heterocycles. The van der Waals surface area contributed by atoms with Crippen LogP contribution in [0.2, 0.25) is 5.02 Å². The molecule has 0 spiro atoms. The van der Waals surface area contributed by atoms with Crippen molar-refractivity contribution in [2.24, 2.45) is 5.92 Å². The number of fused-ring (bicyclic) bond motifs is 4. The Morgan fingerprint density at radius 1 is 1.16 bits per heavy atom. The molecular weight excluding hydrogens is 577 g/mol. The zero-order valence-electron chi connectivity index (χ0n) is 23.6. The maximum absolute atomic E-state index is 14.7. The van der Waals surface area contributed by atoms with Crippen LogP contribution in [0.5, 0.6) is 0 Å². The van der Waals surface area contributed by atoms with Gasteiger partial charge in [0.2, 0.25) is 5.91 Å². The van der Waals surface area contributed by atoms with E-state index in [-0.39, 0.29) is 28.1 Å². The first-order valence-electron chi connectivity index (χ1n) is 13.6. The first kappa shape index (κ1) is 29.6. The number of hydrogen-bond acceptors (Lipinski definition) is 7. The molecule has 1 aliphatic rings. The van der Waals surface area contributed by atoms with Crippen LogP contribution >= 0.6 is 11.6 Å². The van der Waals surface area contributed by atoms with E-state index in [2.05, 4.69) is 36.0 Å². The molecule has 2 atom stereocenters. The highest BCUT2D eigenvalue weighted by Gasteiger charge is 2.25. The summed E-state index contributed by atoms with van der Waals surface area (Å²) in [5.74, 6) is -1.57. The molecule has 43 heavy (non-hydrogen) atoms. The first-order valence-corrected chi connectivity index (χ1v) is 14.0. The van der Waals surface area contributed by atoms with E-state index in [0.717, 1.165) is 0 Å². The Kier molecular flexibility index (Phi) is 8.67. The van der Waals surface area contributed by atoms with Gasteiger partial charge in [-0.2, -0.15) is 15.3 Å². The summed E-state index contributed by atoms with van der Waals surface area (Å²) in [6, 6.07) is 10.9. The second kappa shape index (κ2) is 12.6. The van der Waals surface area contributed by atoms with E-state index in [4.69, 9.17) is 11.6 Å². The SMILES string of the molecule is COC(=O)Nc1ccc2c(c1)NC(=O)C(C)CCC[C@H](NC(=O)c1cnn(-c3cccc(Cl)c3F)c1C)c1cc-2cnn1. The van der Waals surface area contributed by atoms with Crippen LogP contribution in [0.15, 0.2) is 54.9 Å². The fraction of sp³-hybridized carbons (Fsp3) is 0.267. The minimum atomic E-state index is -0.641. The van der Waals surface area contributed by atoms with Crippen LogP contribution in [0.25, 0.3) is 16.8 Å². The average Bonchev–Trinajstić information content (AvgIpc) is 3.38. The predicted molar refractivity (Wildman–Crippen MR) is 159 cm³/mol. The molecule has 0 aliphatic carbocycles. The Hall–Kier alpha value is -4.84. The van der Waals surface area contributed by atoms with Crippen LogP contribution in [0.3, 0.4) is 0 Å². The van der Waals surface area contributed by atoms with E-state index in [1.165, 1.54) is 30.1 Å². The summed E-state index contributed by atoms with van der Waals surface area (Å²) in [7, 11) is 1.26. The molecule has 1 aliphatic heterocycles. The quantitative estimate of drug-likeness (QED) is 0.265. The number of aromatic nitrogens is 4. The average molecular weight is 606 g/mol. The minimum Gasteiger partial charge on any atom is -0.453 e. The first-order chi connectivity index (χ1) is 20.7. The number of carbonyl (C=O) groups is 3. The second-order valence-corrected chi connectivity index (χ2v) is 10.6. The van der Waals surface area contributed by atoms with Gasteiger partial charge in [-0.05, 0) is 50.1 Å². The summed E-state index contributed by atoms with van der Waals surface area (Å²) < 4.78 is 20.7. The lowest BCUT2D eigenvalue weighted by Crippen LogP contribution is -2.30. The molecule has 0 radical (unpaired) electrons. The molecule has 222 valence electrons. The minimum absolute atomic E-state index is 0.0504. The third-order valence-corrected chi connectivity index (χ3v) is 7.64. The fourth-order valence-electron chi connectivity index (χ4n) is 4.92. The van der Waals surface area contributed by atoms with Gasteiger partial charge in [-0.3, -0.25) is 14.9 Å². The van der Waals surface area contributed by atoms with E-state index >= 15 is 0 Å². The van der Waals surface area contributed by atoms with Crippen LogP contribution in [-0.2, 0) is 9.53 Å². The van der Waals surface area contributed by atoms with Crippen molar-refractivity contribution < 1.29 is 23.5 Å². The van der Waals surface area contributed by atoms with Gasteiger partial charge in [0.25, 0.3) is 5.91 Å². The van der Waals surface area contributed by atoms with Crippen LogP contribution in [0.1, 0.15) is 54.0 Å². The van der Waals surface area contributed by atoms with Gasteiger partial charge in [0, 0.05) is 22.7 Å². The lowest BCUT2D eigenvalue weighted by molar-refractivity contribution is -0.119. The monoisotopic (exact) mass is 605 g/mol. The van der Waals surface area contributed by atoms with Crippen molar-refractivity contribution in [2.45, 2.75) is 39.2 Å². The van der Waals surface area contributed by atoms with E-state index in [0.29, 0.717) is 53.2 Å². The number of rotatable bonds is 4. The number of anilines is 2. The largest absolute Gasteiger partial charge is 0.453 e. The molecule has 3 N–H and O–H groups in total. The van der Waals surface area contributed by atoms with Gasteiger partial charge in [0.1, 0.15) is 5.69 Å². The Balaban J connectivity index is 1.48. The summed E-state index contributed by atoms with van der Waals surface area (Å²) in [5.41, 5.74) is 3.56. The molecule has 0 saturated carbocycles. The zero-order chi connectivity index (χ0) is 30.7. The number of ether oxygens (including phenoxy) is 1. The summed E-state index contributed by atoms with van der Waals surface area (Å²) in [6.07, 6.45) is 3.94. The Bertz CT molecular complexity index is 1710. The van der Waals surface area contributed by atoms with Crippen molar-refractivity contribution in [1.82, 2.24) is 25.3 Å². The Morgan fingerprint density at radius 3 is 2.77 bits per heavy atom. The van der Waals surface area contributed by atoms with Crippen molar-refractivity contribution in [3.63, 3.8) is 0 Å². The van der Waals surface area contributed by atoms with Gasteiger partial charge >= 0.3 is 6.09 Å². The molecular formula is C30H29ClFN7O4. The summed E-state index contributed by atoms with van der Waals surface area (Å²) in [5, 5.41) is 21.3. The van der Waals surface area contributed by atoms with E-state index in [9.17, 15) is 18.8 Å². The molecule has 4 aromatic rings. The lowest BCUT2D eigenvalue weighted by Gasteiger charge is -2.22. The normalized spacial score (nSPS) is 16.6. The molecule has 2 bridgehead atoms. The number of amides is 3. The van der Waals surface area contributed by atoms with Crippen molar-refractivity contribution in [2.75, 3.05) is 17.7 Å². The molecule has 0 fully saturated rings. The highest BCUT2D eigenvalue weighted by Crippen LogP contribution is 2.34. The van der Waals surface area contributed by atoms with E-state index in [1.54, 1.807) is 43.5 Å². The van der Waals surface area contributed by atoms with Crippen LogP contribution in [-0.4, -0.2) is 45.0 Å².